The first-order chi connectivity index (χ1) is 10.7. The molecule has 0 aliphatic heterocycles. The van der Waals surface area contributed by atoms with Gasteiger partial charge in [0.05, 0.1) is 5.69 Å². The summed E-state index contributed by atoms with van der Waals surface area (Å²) >= 11 is 0. The molecule has 0 aliphatic rings. The zero-order valence-corrected chi connectivity index (χ0v) is 12.2. The van der Waals surface area contributed by atoms with Gasteiger partial charge in [-0.15, -0.1) is 0 Å². The fourth-order valence-electron chi connectivity index (χ4n) is 2.05. The van der Waals surface area contributed by atoms with Crippen LogP contribution in [0.15, 0.2) is 41.6 Å². The molecule has 0 fully saturated rings. The quantitative estimate of drug-likeness (QED) is 0.702. The SMILES string of the molecule is Cc1cccc(-n2nnn(C)c2=O)c1COc1ccncn1. The van der Waals surface area contributed by atoms with E-state index in [0.717, 1.165) is 11.1 Å². The number of ether oxygens (including phenoxy) is 1. The number of aromatic nitrogens is 6. The molecule has 2 heterocycles. The van der Waals surface area contributed by atoms with Gasteiger partial charge in [-0.1, -0.05) is 12.1 Å². The lowest BCUT2D eigenvalue weighted by molar-refractivity contribution is 0.292. The van der Waals surface area contributed by atoms with Crippen LogP contribution < -0.4 is 10.4 Å². The molecule has 0 unspecified atom stereocenters. The number of benzene rings is 1. The van der Waals surface area contributed by atoms with Gasteiger partial charge in [0, 0.05) is 24.9 Å². The molecule has 0 amide bonds. The standard InChI is InChI=1S/C14H14N6O2/c1-10-4-3-5-12(20-14(21)19(2)17-18-20)11(10)8-22-13-6-7-15-9-16-13/h3-7,9H,8H2,1-2H3. The minimum absolute atomic E-state index is 0.266. The topological polar surface area (TPSA) is 87.7 Å². The lowest BCUT2D eigenvalue weighted by Crippen LogP contribution is -2.23. The van der Waals surface area contributed by atoms with Crippen LogP contribution in [-0.4, -0.2) is 29.8 Å². The molecular formula is C14H14N6O2. The molecule has 8 heteroatoms. The van der Waals surface area contributed by atoms with E-state index in [1.165, 1.54) is 15.7 Å². The van der Waals surface area contributed by atoms with Crippen LogP contribution in [0.3, 0.4) is 0 Å². The van der Waals surface area contributed by atoms with E-state index in [2.05, 4.69) is 20.4 Å². The van der Waals surface area contributed by atoms with E-state index in [1.54, 1.807) is 19.3 Å². The number of rotatable bonds is 4. The molecule has 1 aromatic carbocycles. The molecule has 0 spiro atoms. The third-order valence-electron chi connectivity index (χ3n) is 3.25. The molecule has 22 heavy (non-hydrogen) atoms. The van der Waals surface area contributed by atoms with Crippen LogP contribution >= 0.6 is 0 Å². The van der Waals surface area contributed by atoms with Crippen LogP contribution in [0.4, 0.5) is 0 Å². The van der Waals surface area contributed by atoms with E-state index in [9.17, 15) is 4.79 Å². The number of tetrazole rings is 1. The van der Waals surface area contributed by atoms with Gasteiger partial charge in [-0.3, -0.25) is 0 Å². The second-order valence-electron chi connectivity index (χ2n) is 4.71. The maximum absolute atomic E-state index is 12.0. The van der Waals surface area contributed by atoms with Crippen LogP contribution in [0.25, 0.3) is 5.69 Å². The van der Waals surface area contributed by atoms with Crippen molar-refractivity contribution in [3.63, 3.8) is 0 Å². The van der Waals surface area contributed by atoms with Crippen molar-refractivity contribution in [3.8, 4) is 11.6 Å². The summed E-state index contributed by atoms with van der Waals surface area (Å²) in [6, 6.07) is 7.29. The molecule has 0 saturated heterocycles. The van der Waals surface area contributed by atoms with Gasteiger partial charge in [0.2, 0.25) is 5.88 Å². The fraction of sp³-hybridized carbons (Fsp3) is 0.214. The Hall–Kier alpha value is -3.03. The summed E-state index contributed by atoms with van der Waals surface area (Å²) in [4.78, 5) is 19.9. The highest BCUT2D eigenvalue weighted by Gasteiger charge is 2.13. The summed E-state index contributed by atoms with van der Waals surface area (Å²) in [5, 5.41) is 7.62. The Labute approximate surface area is 126 Å². The van der Waals surface area contributed by atoms with E-state index in [4.69, 9.17) is 4.74 Å². The summed E-state index contributed by atoms with van der Waals surface area (Å²) in [6.45, 7) is 2.21. The summed E-state index contributed by atoms with van der Waals surface area (Å²) in [7, 11) is 1.55. The van der Waals surface area contributed by atoms with Gasteiger partial charge in [0.25, 0.3) is 0 Å². The molecule has 0 bridgehead atoms. The Kier molecular flexibility index (Phi) is 3.65. The Bertz CT molecular complexity index is 840. The van der Waals surface area contributed by atoms with E-state index < -0.39 is 0 Å². The molecule has 0 atom stereocenters. The molecule has 0 aliphatic carbocycles. The van der Waals surface area contributed by atoms with Crippen molar-refractivity contribution in [2.24, 2.45) is 7.05 Å². The highest BCUT2D eigenvalue weighted by Crippen LogP contribution is 2.18. The number of hydrogen-bond donors (Lipinski definition) is 0. The minimum Gasteiger partial charge on any atom is -0.473 e. The highest BCUT2D eigenvalue weighted by atomic mass is 16.5. The molecule has 0 saturated carbocycles. The van der Waals surface area contributed by atoms with Gasteiger partial charge in [-0.05, 0) is 29.0 Å². The Morgan fingerprint density at radius 3 is 2.77 bits per heavy atom. The first-order valence-corrected chi connectivity index (χ1v) is 6.63. The van der Waals surface area contributed by atoms with Crippen molar-refractivity contribution >= 4 is 0 Å². The zero-order chi connectivity index (χ0) is 15.5. The first kappa shape index (κ1) is 13.9. The van der Waals surface area contributed by atoms with E-state index in [1.807, 2.05) is 25.1 Å². The molecule has 0 N–H and O–H groups in total. The first-order valence-electron chi connectivity index (χ1n) is 6.63. The predicted octanol–water partition coefficient (Wildman–Crippen LogP) is 0.643. The molecule has 3 aromatic rings. The third kappa shape index (κ3) is 2.58. The fourth-order valence-corrected chi connectivity index (χ4v) is 2.05. The van der Waals surface area contributed by atoms with Crippen molar-refractivity contribution in [2.75, 3.05) is 0 Å². The lowest BCUT2D eigenvalue weighted by Gasteiger charge is -2.12. The summed E-state index contributed by atoms with van der Waals surface area (Å²) < 4.78 is 8.09. The predicted molar refractivity (Wildman–Crippen MR) is 77.7 cm³/mol. The number of aryl methyl sites for hydroxylation is 2. The van der Waals surface area contributed by atoms with E-state index in [-0.39, 0.29) is 12.3 Å². The van der Waals surface area contributed by atoms with Gasteiger partial charge in [-0.2, -0.15) is 9.36 Å². The van der Waals surface area contributed by atoms with E-state index in [0.29, 0.717) is 11.6 Å². The summed E-state index contributed by atoms with van der Waals surface area (Å²) in [5.41, 5.74) is 2.17. The van der Waals surface area contributed by atoms with Crippen LogP contribution in [-0.2, 0) is 13.7 Å². The monoisotopic (exact) mass is 298 g/mol. The van der Waals surface area contributed by atoms with Gasteiger partial charge < -0.3 is 4.74 Å². The Morgan fingerprint density at radius 1 is 1.23 bits per heavy atom. The van der Waals surface area contributed by atoms with Crippen LogP contribution in [0, 0.1) is 6.92 Å². The van der Waals surface area contributed by atoms with Gasteiger partial charge >= 0.3 is 5.69 Å². The van der Waals surface area contributed by atoms with Crippen LogP contribution in [0.5, 0.6) is 5.88 Å². The Balaban J connectivity index is 1.97. The molecule has 8 nitrogen and oxygen atoms in total. The largest absolute Gasteiger partial charge is 0.473 e. The van der Waals surface area contributed by atoms with Crippen molar-refractivity contribution in [3.05, 3.63) is 58.4 Å². The van der Waals surface area contributed by atoms with Crippen molar-refractivity contribution < 1.29 is 4.74 Å². The maximum atomic E-state index is 12.0. The molecular weight excluding hydrogens is 284 g/mol. The van der Waals surface area contributed by atoms with Gasteiger partial charge in [0.1, 0.15) is 12.9 Å². The second kappa shape index (κ2) is 5.76. The van der Waals surface area contributed by atoms with Gasteiger partial charge in [0.15, 0.2) is 0 Å². The number of nitrogens with zero attached hydrogens (tertiary/aromatic N) is 6. The normalized spacial score (nSPS) is 10.6. The maximum Gasteiger partial charge on any atom is 0.368 e. The zero-order valence-electron chi connectivity index (χ0n) is 12.2. The number of hydrogen-bond acceptors (Lipinski definition) is 6. The van der Waals surface area contributed by atoms with Crippen molar-refractivity contribution in [1.82, 2.24) is 29.8 Å². The van der Waals surface area contributed by atoms with E-state index >= 15 is 0 Å². The molecule has 3 rings (SSSR count). The van der Waals surface area contributed by atoms with Crippen molar-refractivity contribution in [2.45, 2.75) is 13.5 Å². The molecule has 112 valence electrons. The molecule has 0 radical (unpaired) electrons. The third-order valence-corrected chi connectivity index (χ3v) is 3.25. The average molecular weight is 298 g/mol. The highest BCUT2D eigenvalue weighted by molar-refractivity contribution is 5.44. The van der Waals surface area contributed by atoms with Crippen molar-refractivity contribution in [1.29, 1.82) is 0 Å². The second-order valence-corrected chi connectivity index (χ2v) is 4.71. The molecule has 2 aromatic heterocycles. The van der Waals surface area contributed by atoms with Gasteiger partial charge in [-0.25, -0.2) is 14.8 Å². The minimum atomic E-state index is -0.311. The van der Waals surface area contributed by atoms with Crippen LogP contribution in [0.2, 0.25) is 0 Å². The lowest BCUT2D eigenvalue weighted by atomic mass is 10.1. The average Bonchev–Trinajstić information content (AvgIpc) is 2.86. The Morgan fingerprint density at radius 2 is 2.09 bits per heavy atom. The summed E-state index contributed by atoms with van der Waals surface area (Å²) in [6.07, 6.45) is 3.02. The smallest absolute Gasteiger partial charge is 0.368 e. The summed E-state index contributed by atoms with van der Waals surface area (Å²) in [5.74, 6) is 0.468. The van der Waals surface area contributed by atoms with Crippen LogP contribution in [0.1, 0.15) is 11.1 Å².